The number of hydrazone groups is 1. The third kappa shape index (κ3) is 4.09. The number of amides is 1. The summed E-state index contributed by atoms with van der Waals surface area (Å²) in [5, 5.41) is 19.3. The minimum absolute atomic E-state index is 0.198. The van der Waals surface area contributed by atoms with Crippen LogP contribution in [0.5, 0.6) is 0 Å². The topological polar surface area (TPSA) is 131 Å². The number of nitro groups is 1. The molecule has 0 atom stereocenters. The molecule has 0 unspecified atom stereocenters. The van der Waals surface area contributed by atoms with Gasteiger partial charge >= 0.3 is 5.95 Å². The van der Waals surface area contributed by atoms with E-state index < -0.39 is 10.9 Å². The fourth-order valence-corrected chi connectivity index (χ4v) is 2.51. The van der Waals surface area contributed by atoms with E-state index in [9.17, 15) is 14.9 Å². The lowest BCUT2D eigenvalue weighted by Gasteiger charge is -2.02. The Kier molecular flexibility index (Phi) is 5.02. The molecule has 0 aliphatic carbocycles. The SMILES string of the molecule is CC(Cn1cnc([N+](=O)[O-])n1)=NNC(=O)CCc1c[nH]c2ccccc12. The van der Waals surface area contributed by atoms with Crippen LogP contribution < -0.4 is 5.43 Å². The summed E-state index contributed by atoms with van der Waals surface area (Å²) in [7, 11) is 0. The summed E-state index contributed by atoms with van der Waals surface area (Å²) in [5.41, 5.74) is 5.15. The molecule has 0 spiro atoms. The number of H-pyrrole nitrogens is 1. The van der Waals surface area contributed by atoms with Crippen molar-refractivity contribution < 1.29 is 9.72 Å². The molecule has 0 bridgehead atoms. The average Bonchev–Trinajstić information content (AvgIpc) is 3.25. The number of carbonyl (C=O) groups excluding carboxylic acids is 1. The number of aromatic amines is 1. The maximum Gasteiger partial charge on any atom is 0.490 e. The Morgan fingerprint density at radius 2 is 2.23 bits per heavy atom. The van der Waals surface area contributed by atoms with E-state index in [1.807, 2.05) is 30.5 Å². The van der Waals surface area contributed by atoms with Gasteiger partial charge in [-0.2, -0.15) is 9.78 Å². The fourth-order valence-electron chi connectivity index (χ4n) is 2.51. The molecule has 0 saturated heterocycles. The van der Waals surface area contributed by atoms with Crippen molar-refractivity contribution in [2.24, 2.45) is 5.10 Å². The van der Waals surface area contributed by atoms with E-state index in [0.29, 0.717) is 18.6 Å². The third-order valence-electron chi connectivity index (χ3n) is 3.75. The molecule has 2 aromatic heterocycles. The third-order valence-corrected chi connectivity index (χ3v) is 3.75. The number of fused-ring (bicyclic) bond motifs is 1. The first-order chi connectivity index (χ1) is 12.5. The first-order valence-corrected chi connectivity index (χ1v) is 7.94. The van der Waals surface area contributed by atoms with Gasteiger partial charge in [-0.25, -0.2) is 5.43 Å². The molecule has 10 nitrogen and oxygen atoms in total. The van der Waals surface area contributed by atoms with Crippen molar-refractivity contribution in [1.29, 1.82) is 0 Å². The van der Waals surface area contributed by atoms with Crippen molar-refractivity contribution in [3.05, 3.63) is 52.5 Å². The van der Waals surface area contributed by atoms with Crippen LogP contribution in [0.3, 0.4) is 0 Å². The molecule has 1 aromatic carbocycles. The van der Waals surface area contributed by atoms with Crippen molar-refractivity contribution >= 4 is 28.5 Å². The lowest BCUT2D eigenvalue weighted by Crippen LogP contribution is -2.21. The van der Waals surface area contributed by atoms with Gasteiger partial charge in [-0.15, -0.1) is 0 Å². The van der Waals surface area contributed by atoms with Crippen LogP contribution in [-0.4, -0.2) is 36.3 Å². The molecule has 10 heteroatoms. The van der Waals surface area contributed by atoms with Gasteiger partial charge in [0.25, 0.3) is 0 Å². The monoisotopic (exact) mass is 355 g/mol. The molecule has 0 saturated carbocycles. The highest BCUT2D eigenvalue weighted by Gasteiger charge is 2.13. The van der Waals surface area contributed by atoms with Crippen molar-refractivity contribution in [2.45, 2.75) is 26.3 Å². The van der Waals surface area contributed by atoms with Crippen LogP contribution in [0, 0.1) is 10.1 Å². The summed E-state index contributed by atoms with van der Waals surface area (Å²) in [6.07, 6.45) is 4.05. The molecule has 1 amide bonds. The lowest BCUT2D eigenvalue weighted by atomic mass is 10.1. The van der Waals surface area contributed by atoms with E-state index in [2.05, 4.69) is 25.6 Å². The first kappa shape index (κ1) is 17.3. The minimum Gasteiger partial charge on any atom is -0.390 e. The van der Waals surface area contributed by atoms with E-state index in [-0.39, 0.29) is 12.5 Å². The molecule has 0 radical (unpaired) electrons. The van der Waals surface area contributed by atoms with Crippen LogP contribution in [0.15, 0.2) is 41.9 Å². The molecule has 2 N–H and O–H groups in total. The summed E-state index contributed by atoms with van der Waals surface area (Å²) in [6.45, 7) is 1.89. The highest BCUT2D eigenvalue weighted by atomic mass is 16.6. The smallest absolute Gasteiger partial charge is 0.390 e. The predicted octanol–water partition coefficient (Wildman–Crippen LogP) is 1.79. The van der Waals surface area contributed by atoms with E-state index >= 15 is 0 Å². The Hall–Kier alpha value is -3.56. The second kappa shape index (κ2) is 7.55. The van der Waals surface area contributed by atoms with Crippen molar-refractivity contribution in [3.63, 3.8) is 0 Å². The second-order valence-corrected chi connectivity index (χ2v) is 5.74. The molecular weight excluding hydrogens is 338 g/mol. The lowest BCUT2D eigenvalue weighted by molar-refractivity contribution is -0.394. The van der Waals surface area contributed by atoms with Gasteiger partial charge in [0.1, 0.15) is 0 Å². The summed E-state index contributed by atoms with van der Waals surface area (Å²) in [4.78, 5) is 28.6. The van der Waals surface area contributed by atoms with Crippen LogP contribution in [0.2, 0.25) is 0 Å². The number of aromatic nitrogens is 4. The molecule has 134 valence electrons. The van der Waals surface area contributed by atoms with Gasteiger partial charge in [-0.3, -0.25) is 4.79 Å². The van der Waals surface area contributed by atoms with Crippen molar-refractivity contribution in [3.8, 4) is 0 Å². The van der Waals surface area contributed by atoms with Crippen LogP contribution in [0.1, 0.15) is 18.9 Å². The first-order valence-electron chi connectivity index (χ1n) is 7.94. The van der Waals surface area contributed by atoms with Crippen LogP contribution >= 0.6 is 0 Å². The molecule has 3 aromatic rings. The molecule has 2 heterocycles. The number of rotatable bonds is 7. The highest BCUT2D eigenvalue weighted by molar-refractivity contribution is 5.85. The Morgan fingerprint density at radius 3 is 3.00 bits per heavy atom. The summed E-state index contributed by atoms with van der Waals surface area (Å²) in [6, 6.07) is 7.91. The van der Waals surface area contributed by atoms with E-state index in [4.69, 9.17) is 0 Å². The molecule has 3 rings (SSSR count). The standard InChI is InChI=1S/C16H17N7O3/c1-11(9-22-10-18-16(21-22)23(25)26)19-20-15(24)7-6-12-8-17-14-5-3-2-4-13(12)14/h2-5,8,10,17H,6-7,9H2,1H3,(H,20,24). The Bertz CT molecular complexity index is 973. The number of nitrogens with zero attached hydrogens (tertiary/aromatic N) is 5. The average molecular weight is 355 g/mol. The molecule has 0 fully saturated rings. The summed E-state index contributed by atoms with van der Waals surface area (Å²) < 4.78 is 1.29. The van der Waals surface area contributed by atoms with Gasteiger partial charge in [0.2, 0.25) is 12.2 Å². The number of hydrogen-bond donors (Lipinski definition) is 2. The number of carbonyl (C=O) groups is 1. The number of aryl methyl sites for hydroxylation is 1. The highest BCUT2D eigenvalue weighted by Crippen LogP contribution is 2.18. The normalized spacial score (nSPS) is 11.7. The van der Waals surface area contributed by atoms with Crippen LogP contribution in [0.25, 0.3) is 10.9 Å². The molecular formula is C16H17N7O3. The van der Waals surface area contributed by atoms with Gasteiger partial charge in [0, 0.05) is 28.6 Å². The molecule has 0 aliphatic rings. The Balaban J connectivity index is 1.51. The molecule has 0 aliphatic heterocycles. The zero-order valence-corrected chi connectivity index (χ0v) is 14.0. The number of hydrogen-bond acceptors (Lipinski definition) is 6. The summed E-state index contributed by atoms with van der Waals surface area (Å²) >= 11 is 0. The Labute approximate surface area is 148 Å². The quantitative estimate of drug-likeness (QED) is 0.379. The fraction of sp³-hybridized carbons (Fsp3) is 0.250. The zero-order valence-electron chi connectivity index (χ0n) is 14.0. The zero-order chi connectivity index (χ0) is 18.5. The maximum atomic E-state index is 12.0. The number of para-hydroxylation sites is 1. The van der Waals surface area contributed by atoms with Crippen LogP contribution in [0.4, 0.5) is 5.95 Å². The minimum atomic E-state index is -0.671. The van der Waals surface area contributed by atoms with Crippen molar-refractivity contribution in [2.75, 3.05) is 0 Å². The molecule has 26 heavy (non-hydrogen) atoms. The van der Waals surface area contributed by atoms with Gasteiger partial charge in [-0.1, -0.05) is 23.2 Å². The van der Waals surface area contributed by atoms with Gasteiger partial charge in [0.05, 0.1) is 12.3 Å². The van der Waals surface area contributed by atoms with Gasteiger partial charge in [-0.05, 0) is 29.9 Å². The van der Waals surface area contributed by atoms with E-state index in [1.165, 1.54) is 11.0 Å². The largest absolute Gasteiger partial charge is 0.490 e. The van der Waals surface area contributed by atoms with Crippen molar-refractivity contribution in [1.82, 2.24) is 25.2 Å². The summed E-state index contributed by atoms with van der Waals surface area (Å²) in [5.74, 6) is -0.681. The van der Waals surface area contributed by atoms with E-state index in [1.54, 1.807) is 6.92 Å². The second-order valence-electron chi connectivity index (χ2n) is 5.74. The number of nitrogens with one attached hydrogen (secondary N) is 2. The Morgan fingerprint density at radius 1 is 1.42 bits per heavy atom. The van der Waals surface area contributed by atoms with E-state index in [0.717, 1.165) is 16.5 Å². The van der Waals surface area contributed by atoms with Gasteiger partial charge < -0.3 is 15.1 Å². The number of benzene rings is 1. The predicted molar refractivity (Wildman–Crippen MR) is 94.5 cm³/mol. The van der Waals surface area contributed by atoms with Gasteiger partial charge in [0.15, 0.2) is 0 Å². The van der Waals surface area contributed by atoms with Crippen LogP contribution in [-0.2, 0) is 17.8 Å². The maximum absolute atomic E-state index is 12.0.